The summed E-state index contributed by atoms with van der Waals surface area (Å²) in [5.41, 5.74) is 5.38. The van der Waals surface area contributed by atoms with Gasteiger partial charge in [-0.05, 0) is 12.3 Å². The van der Waals surface area contributed by atoms with Gasteiger partial charge in [0.25, 0.3) is 0 Å². The van der Waals surface area contributed by atoms with Crippen LogP contribution in [0.5, 0.6) is 0 Å². The molecule has 0 aliphatic heterocycles. The topological polar surface area (TPSA) is 0 Å². The van der Waals surface area contributed by atoms with Gasteiger partial charge < -0.3 is 5.70 Å². The van der Waals surface area contributed by atoms with E-state index in [1.807, 2.05) is 0 Å². The maximum absolute atomic E-state index is 3.75. The zero-order chi connectivity index (χ0) is 9.35. The average molecular weight is 188 g/mol. The van der Waals surface area contributed by atoms with Crippen LogP contribution >= 0.6 is 0 Å². The van der Waals surface area contributed by atoms with Gasteiger partial charge in [-0.15, -0.1) is 8.07 Å². The summed E-state index contributed by atoms with van der Waals surface area (Å²) in [7, 11) is -1.08. The largest absolute Gasteiger partial charge is 1.00 e. The normalized spacial score (nSPS) is 31.9. The molecule has 1 fully saturated rings. The fourth-order valence-corrected chi connectivity index (χ4v) is 3.18. The minimum atomic E-state index is -1.08. The molecule has 0 N–H and O–H groups in total. The van der Waals surface area contributed by atoms with Crippen molar-refractivity contribution in [3.05, 3.63) is 11.3 Å². The molecule has 2 atom stereocenters. The first-order valence-corrected chi connectivity index (χ1v) is 8.54. The standard InChI is InChI=1S/C11H21Si.Li/c1-9-6-7-11(10(9)2)8-12(3,4)5;/h9-10H,6-7H2,1-5H3;/q-1;+1/t9-,10+;/m0./s1. The Bertz CT molecular complexity index is 191. The quantitative estimate of drug-likeness (QED) is 0.419. The van der Waals surface area contributed by atoms with Crippen LogP contribution in [0.25, 0.3) is 0 Å². The number of hydrogen-bond acceptors (Lipinski definition) is 0. The van der Waals surface area contributed by atoms with Gasteiger partial charge in [0, 0.05) is 0 Å². The average Bonchev–Trinajstić information content (AvgIpc) is 2.16. The molecule has 1 aliphatic rings. The van der Waals surface area contributed by atoms with E-state index in [0.29, 0.717) is 0 Å². The van der Waals surface area contributed by atoms with Gasteiger partial charge >= 0.3 is 18.9 Å². The first kappa shape index (κ1) is 13.6. The minimum absolute atomic E-state index is 0. The number of allylic oxidation sites excluding steroid dienone is 1. The van der Waals surface area contributed by atoms with Gasteiger partial charge in [-0.25, -0.2) is 0 Å². The molecule has 0 aromatic carbocycles. The van der Waals surface area contributed by atoms with Crippen molar-refractivity contribution in [2.24, 2.45) is 11.8 Å². The Morgan fingerprint density at radius 2 is 1.77 bits per heavy atom. The molecule has 70 valence electrons. The maximum Gasteiger partial charge on any atom is 1.00 e. The van der Waals surface area contributed by atoms with Gasteiger partial charge in [-0.2, -0.15) is 0 Å². The van der Waals surface area contributed by atoms with Crippen molar-refractivity contribution in [1.29, 1.82) is 0 Å². The van der Waals surface area contributed by atoms with Crippen molar-refractivity contribution in [2.75, 3.05) is 0 Å². The zero-order valence-corrected chi connectivity index (χ0v) is 11.1. The second-order valence-electron chi connectivity index (χ2n) is 5.20. The van der Waals surface area contributed by atoms with E-state index in [9.17, 15) is 0 Å². The van der Waals surface area contributed by atoms with Crippen LogP contribution in [0, 0.1) is 17.5 Å². The maximum atomic E-state index is 3.75. The Labute approximate surface area is 96.4 Å². The monoisotopic (exact) mass is 188 g/mol. The third-order valence-corrected chi connectivity index (χ3v) is 3.88. The van der Waals surface area contributed by atoms with Crippen molar-refractivity contribution in [3.63, 3.8) is 0 Å². The molecule has 0 heterocycles. The van der Waals surface area contributed by atoms with Crippen LogP contribution in [-0.2, 0) is 0 Å². The van der Waals surface area contributed by atoms with Crippen LogP contribution in [-0.4, -0.2) is 8.07 Å². The summed E-state index contributed by atoms with van der Waals surface area (Å²) in [6.07, 6.45) is 2.70. The Morgan fingerprint density at radius 1 is 1.23 bits per heavy atom. The summed E-state index contributed by atoms with van der Waals surface area (Å²) in [5, 5.41) is 0. The van der Waals surface area contributed by atoms with Gasteiger partial charge in [0.2, 0.25) is 0 Å². The molecule has 0 radical (unpaired) electrons. The summed E-state index contributed by atoms with van der Waals surface area (Å²) in [6.45, 7) is 11.8. The van der Waals surface area contributed by atoms with Crippen molar-refractivity contribution < 1.29 is 18.9 Å². The third kappa shape index (κ3) is 4.06. The van der Waals surface area contributed by atoms with Crippen LogP contribution in [0.4, 0.5) is 0 Å². The smallest absolute Gasteiger partial charge is 0.498 e. The van der Waals surface area contributed by atoms with Gasteiger partial charge in [0.15, 0.2) is 0 Å². The molecular formula is C11H21LiSi. The molecule has 0 aromatic rings. The van der Waals surface area contributed by atoms with E-state index < -0.39 is 8.07 Å². The number of rotatable bonds is 1. The molecule has 1 saturated carbocycles. The fourth-order valence-electron chi connectivity index (χ4n) is 1.86. The van der Waals surface area contributed by atoms with E-state index in [1.54, 1.807) is 5.57 Å². The van der Waals surface area contributed by atoms with Crippen LogP contribution in [0.1, 0.15) is 26.7 Å². The summed E-state index contributed by atoms with van der Waals surface area (Å²) < 4.78 is 0. The Balaban J connectivity index is 0.00000144. The van der Waals surface area contributed by atoms with Gasteiger partial charge in [-0.3, -0.25) is 5.57 Å². The van der Waals surface area contributed by atoms with Crippen molar-refractivity contribution >= 4 is 8.07 Å². The van der Waals surface area contributed by atoms with E-state index in [1.165, 1.54) is 12.8 Å². The SMILES string of the molecule is C[C@H]1CCC(=[C-][Si](C)(C)C)[C@@H]1C.[Li+]. The van der Waals surface area contributed by atoms with Crippen LogP contribution in [0.3, 0.4) is 0 Å². The Kier molecular flexibility index (Phi) is 5.08. The molecule has 0 nitrogen and oxygen atoms in total. The predicted molar refractivity (Wildman–Crippen MR) is 57.7 cm³/mol. The van der Waals surface area contributed by atoms with E-state index in [4.69, 9.17) is 0 Å². The molecule has 1 rings (SSSR count). The van der Waals surface area contributed by atoms with Crippen molar-refractivity contribution in [1.82, 2.24) is 0 Å². The molecule has 0 spiro atoms. The second kappa shape index (κ2) is 4.87. The van der Waals surface area contributed by atoms with E-state index >= 15 is 0 Å². The fraction of sp³-hybridized carbons (Fsp3) is 0.818. The van der Waals surface area contributed by atoms with E-state index in [-0.39, 0.29) is 18.9 Å². The molecule has 2 heteroatoms. The Hall–Kier alpha value is 0.554. The third-order valence-electron chi connectivity index (χ3n) is 2.81. The van der Waals surface area contributed by atoms with Gasteiger partial charge in [0.1, 0.15) is 0 Å². The molecule has 0 aromatic heterocycles. The molecule has 1 aliphatic carbocycles. The molecule has 0 saturated heterocycles. The van der Waals surface area contributed by atoms with Crippen molar-refractivity contribution in [3.8, 4) is 0 Å². The zero-order valence-electron chi connectivity index (χ0n) is 10.1. The minimum Gasteiger partial charge on any atom is -0.498 e. The molecule has 0 unspecified atom stereocenters. The van der Waals surface area contributed by atoms with E-state index in [2.05, 4.69) is 39.2 Å². The van der Waals surface area contributed by atoms with Crippen LogP contribution in [0.15, 0.2) is 5.57 Å². The number of hydrogen-bond donors (Lipinski definition) is 0. The molecular weight excluding hydrogens is 167 g/mol. The Morgan fingerprint density at radius 3 is 2.08 bits per heavy atom. The van der Waals surface area contributed by atoms with Crippen LogP contribution in [0.2, 0.25) is 19.6 Å². The van der Waals surface area contributed by atoms with Crippen LogP contribution < -0.4 is 18.9 Å². The predicted octanol–water partition coefficient (Wildman–Crippen LogP) is 0.663. The first-order chi connectivity index (χ1) is 5.40. The van der Waals surface area contributed by atoms with Gasteiger partial charge in [-0.1, -0.05) is 45.8 Å². The molecule has 0 bridgehead atoms. The van der Waals surface area contributed by atoms with E-state index in [0.717, 1.165) is 11.8 Å². The molecule has 13 heavy (non-hydrogen) atoms. The van der Waals surface area contributed by atoms with Crippen molar-refractivity contribution in [2.45, 2.75) is 46.3 Å². The second-order valence-corrected chi connectivity index (χ2v) is 9.95. The van der Waals surface area contributed by atoms with Gasteiger partial charge in [0.05, 0.1) is 0 Å². The summed E-state index contributed by atoms with van der Waals surface area (Å²) >= 11 is 0. The summed E-state index contributed by atoms with van der Waals surface area (Å²) in [5.74, 6) is 1.69. The molecule has 0 amide bonds. The first-order valence-electron chi connectivity index (χ1n) is 5.04. The summed E-state index contributed by atoms with van der Waals surface area (Å²) in [4.78, 5) is 0. The summed E-state index contributed by atoms with van der Waals surface area (Å²) in [6, 6.07) is 0.